The van der Waals surface area contributed by atoms with Gasteiger partial charge in [0.15, 0.2) is 4.87 Å². The first-order valence-corrected chi connectivity index (χ1v) is 6.70. The van der Waals surface area contributed by atoms with Gasteiger partial charge in [0.2, 0.25) is 0 Å². The molecular weight excluding hydrogens is 317 g/mol. The Morgan fingerprint density at radius 2 is 1.27 bits per heavy atom. The standard InChI is InChI=1S/C16H12ClF3O2/c1-15(17,14(21)22)12-6-2-10(3-7-12)11-4-8-13(9-5-11)16(18,19)20/h2-9H,1H3,(H,21,22). The van der Waals surface area contributed by atoms with Crippen LogP contribution in [0.3, 0.4) is 0 Å². The molecule has 0 saturated carbocycles. The maximum absolute atomic E-state index is 12.5. The third kappa shape index (κ3) is 3.25. The zero-order chi connectivity index (χ0) is 16.5. The summed E-state index contributed by atoms with van der Waals surface area (Å²) in [6.45, 7) is 1.37. The number of hydrogen-bond donors (Lipinski definition) is 1. The molecule has 2 rings (SSSR count). The number of alkyl halides is 4. The molecule has 0 saturated heterocycles. The van der Waals surface area contributed by atoms with E-state index in [-0.39, 0.29) is 0 Å². The predicted molar refractivity (Wildman–Crippen MR) is 77.7 cm³/mol. The maximum Gasteiger partial charge on any atom is 0.416 e. The fourth-order valence-corrected chi connectivity index (χ4v) is 2.08. The zero-order valence-electron chi connectivity index (χ0n) is 11.5. The number of hydrogen-bond acceptors (Lipinski definition) is 1. The Bertz CT molecular complexity index is 674. The molecule has 0 spiro atoms. The Kier molecular flexibility index (Phi) is 4.20. The summed E-state index contributed by atoms with van der Waals surface area (Å²) in [7, 11) is 0. The molecule has 0 fully saturated rings. The van der Waals surface area contributed by atoms with Gasteiger partial charge in [-0.15, -0.1) is 11.6 Å². The summed E-state index contributed by atoms with van der Waals surface area (Å²) in [4.78, 5) is 9.53. The molecule has 22 heavy (non-hydrogen) atoms. The van der Waals surface area contributed by atoms with Crippen LogP contribution < -0.4 is 0 Å². The van der Waals surface area contributed by atoms with Gasteiger partial charge in [0.05, 0.1) is 5.56 Å². The Morgan fingerprint density at radius 1 is 0.909 bits per heavy atom. The predicted octanol–water partition coefficient (Wildman–Crippen LogP) is 4.91. The highest BCUT2D eigenvalue weighted by molar-refractivity contribution is 6.33. The van der Waals surface area contributed by atoms with Gasteiger partial charge < -0.3 is 5.11 Å². The smallest absolute Gasteiger partial charge is 0.416 e. The largest absolute Gasteiger partial charge is 0.480 e. The van der Waals surface area contributed by atoms with Crippen LogP contribution in [0.5, 0.6) is 0 Å². The van der Waals surface area contributed by atoms with E-state index in [1.54, 1.807) is 24.3 Å². The normalized spacial score (nSPS) is 14.4. The first kappa shape index (κ1) is 16.4. The quantitative estimate of drug-likeness (QED) is 0.813. The zero-order valence-corrected chi connectivity index (χ0v) is 12.2. The first-order valence-electron chi connectivity index (χ1n) is 6.33. The van der Waals surface area contributed by atoms with Crippen LogP contribution in [0.2, 0.25) is 0 Å². The number of carbonyl (C=O) groups is 1. The molecule has 6 heteroatoms. The van der Waals surface area contributed by atoms with E-state index in [9.17, 15) is 18.0 Å². The van der Waals surface area contributed by atoms with Crippen molar-refractivity contribution in [2.75, 3.05) is 0 Å². The summed E-state index contributed by atoms with van der Waals surface area (Å²) in [6.07, 6.45) is -4.37. The van der Waals surface area contributed by atoms with E-state index >= 15 is 0 Å². The van der Waals surface area contributed by atoms with Gasteiger partial charge in [-0.2, -0.15) is 13.2 Å². The van der Waals surface area contributed by atoms with Crippen molar-refractivity contribution in [2.45, 2.75) is 18.0 Å². The summed E-state index contributed by atoms with van der Waals surface area (Å²) in [5, 5.41) is 9.05. The van der Waals surface area contributed by atoms with Gasteiger partial charge in [0.25, 0.3) is 0 Å². The molecule has 1 unspecified atom stereocenters. The van der Waals surface area contributed by atoms with Crippen molar-refractivity contribution in [3.63, 3.8) is 0 Å². The molecule has 0 aliphatic carbocycles. The lowest BCUT2D eigenvalue weighted by Gasteiger charge is -2.17. The van der Waals surface area contributed by atoms with Gasteiger partial charge in [-0.1, -0.05) is 36.4 Å². The molecule has 0 amide bonds. The Labute approximate surface area is 130 Å². The fraction of sp³-hybridized carbons (Fsp3) is 0.188. The highest BCUT2D eigenvalue weighted by Crippen LogP contribution is 2.33. The monoisotopic (exact) mass is 328 g/mol. The van der Waals surface area contributed by atoms with Crippen LogP contribution in [0.1, 0.15) is 18.1 Å². The Morgan fingerprint density at radius 3 is 1.59 bits per heavy atom. The number of benzene rings is 2. The van der Waals surface area contributed by atoms with Crippen LogP contribution in [-0.2, 0) is 15.8 Å². The minimum Gasteiger partial charge on any atom is -0.480 e. The second-order valence-electron chi connectivity index (χ2n) is 4.96. The third-order valence-corrected chi connectivity index (χ3v) is 3.75. The second-order valence-corrected chi connectivity index (χ2v) is 5.72. The van der Waals surface area contributed by atoms with Gasteiger partial charge in [0, 0.05) is 0 Å². The van der Waals surface area contributed by atoms with E-state index in [4.69, 9.17) is 16.7 Å². The minimum absolute atomic E-state index is 0.400. The number of carboxylic acid groups (broad SMARTS) is 1. The molecule has 0 bridgehead atoms. The van der Waals surface area contributed by atoms with Crippen LogP contribution in [0, 0.1) is 0 Å². The van der Waals surface area contributed by atoms with Crippen LogP contribution in [0.25, 0.3) is 11.1 Å². The van der Waals surface area contributed by atoms with Crippen molar-refractivity contribution in [2.24, 2.45) is 0 Å². The lowest BCUT2D eigenvalue weighted by molar-refractivity contribution is -0.140. The second kappa shape index (κ2) is 5.65. The minimum atomic E-state index is -4.37. The summed E-state index contributed by atoms with van der Waals surface area (Å²) >= 11 is 5.94. The van der Waals surface area contributed by atoms with Crippen molar-refractivity contribution < 1.29 is 23.1 Å². The molecule has 1 N–H and O–H groups in total. The van der Waals surface area contributed by atoms with E-state index in [1.807, 2.05) is 0 Å². The van der Waals surface area contributed by atoms with Crippen molar-refractivity contribution >= 4 is 17.6 Å². The Hall–Kier alpha value is -2.01. The van der Waals surface area contributed by atoms with Crippen molar-refractivity contribution in [1.82, 2.24) is 0 Å². The van der Waals surface area contributed by atoms with Crippen molar-refractivity contribution in [3.8, 4) is 11.1 Å². The molecule has 0 heterocycles. The average molecular weight is 329 g/mol. The number of rotatable bonds is 3. The lowest BCUT2D eigenvalue weighted by atomic mass is 9.96. The third-order valence-electron chi connectivity index (χ3n) is 3.37. The molecule has 0 aliphatic heterocycles. The lowest BCUT2D eigenvalue weighted by Crippen LogP contribution is -2.25. The van der Waals surface area contributed by atoms with Crippen LogP contribution in [-0.4, -0.2) is 11.1 Å². The SMILES string of the molecule is CC(Cl)(C(=O)O)c1ccc(-c2ccc(C(F)(F)F)cc2)cc1. The van der Waals surface area contributed by atoms with Gasteiger partial charge in [0.1, 0.15) is 0 Å². The molecular formula is C16H12ClF3O2. The van der Waals surface area contributed by atoms with Gasteiger partial charge in [-0.25, -0.2) is 4.79 Å². The molecule has 116 valence electrons. The summed E-state index contributed by atoms with van der Waals surface area (Å²) in [5.74, 6) is -1.17. The van der Waals surface area contributed by atoms with E-state index < -0.39 is 22.6 Å². The van der Waals surface area contributed by atoms with Crippen LogP contribution >= 0.6 is 11.6 Å². The average Bonchev–Trinajstić information content (AvgIpc) is 2.46. The van der Waals surface area contributed by atoms with Gasteiger partial charge >= 0.3 is 12.1 Å². The molecule has 0 aliphatic rings. The highest BCUT2D eigenvalue weighted by atomic mass is 35.5. The fourth-order valence-electron chi connectivity index (χ4n) is 1.95. The summed E-state index contributed by atoms with van der Waals surface area (Å²) < 4.78 is 37.5. The van der Waals surface area contributed by atoms with E-state index in [2.05, 4.69) is 0 Å². The highest BCUT2D eigenvalue weighted by Gasteiger charge is 2.32. The molecule has 0 radical (unpaired) electrons. The van der Waals surface area contributed by atoms with E-state index in [1.165, 1.54) is 19.1 Å². The van der Waals surface area contributed by atoms with Crippen LogP contribution in [0.4, 0.5) is 13.2 Å². The molecule has 0 aromatic heterocycles. The van der Waals surface area contributed by atoms with Crippen molar-refractivity contribution in [3.05, 3.63) is 59.7 Å². The number of aliphatic carboxylic acids is 1. The topological polar surface area (TPSA) is 37.3 Å². The first-order chi connectivity index (χ1) is 10.1. The molecule has 2 aromatic carbocycles. The molecule has 2 nitrogen and oxygen atoms in total. The van der Waals surface area contributed by atoms with E-state index in [0.717, 1.165) is 12.1 Å². The summed E-state index contributed by atoms with van der Waals surface area (Å²) in [5.41, 5.74) is 0.964. The number of carboxylic acids is 1. The van der Waals surface area contributed by atoms with Crippen LogP contribution in [0.15, 0.2) is 48.5 Å². The maximum atomic E-state index is 12.5. The molecule has 1 atom stereocenters. The summed E-state index contributed by atoms with van der Waals surface area (Å²) in [6, 6.07) is 11.1. The number of halogens is 4. The van der Waals surface area contributed by atoms with E-state index in [0.29, 0.717) is 16.7 Å². The molecule has 2 aromatic rings. The van der Waals surface area contributed by atoms with Crippen molar-refractivity contribution in [1.29, 1.82) is 0 Å². The Balaban J connectivity index is 2.30. The van der Waals surface area contributed by atoms with Gasteiger partial charge in [-0.05, 0) is 35.7 Å². The van der Waals surface area contributed by atoms with Gasteiger partial charge in [-0.3, -0.25) is 0 Å².